The van der Waals surface area contributed by atoms with Gasteiger partial charge in [0, 0.05) is 0 Å². The molecular weight excluding hydrogens is 305 g/mol. The lowest BCUT2D eigenvalue weighted by atomic mass is 10.3. The van der Waals surface area contributed by atoms with E-state index in [4.69, 9.17) is 11.6 Å². The van der Waals surface area contributed by atoms with Crippen molar-refractivity contribution in [3.05, 3.63) is 65.6 Å². The van der Waals surface area contributed by atoms with E-state index in [1.807, 2.05) is 18.2 Å². The lowest BCUT2D eigenvalue weighted by Crippen LogP contribution is -2.03. The zero-order valence-electron chi connectivity index (χ0n) is 11.3. The summed E-state index contributed by atoms with van der Waals surface area (Å²) < 4.78 is 13.6. The molecule has 2 N–H and O–H groups in total. The maximum atomic E-state index is 13.6. The molecule has 2 aromatic carbocycles. The first-order valence-electron chi connectivity index (χ1n) is 6.45. The number of aromatic nitrogens is 3. The molecule has 0 spiro atoms. The highest BCUT2D eigenvalue weighted by Gasteiger charge is 2.06. The number of nitrogens with one attached hydrogen (secondary N) is 2. The molecule has 0 aliphatic heterocycles. The highest BCUT2D eigenvalue weighted by atomic mass is 35.5. The van der Waals surface area contributed by atoms with Gasteiger partial charge in [0.25, 0.3) is 0 Å². The van der Waals surface area contributed by atoms with E-state index in [1.165, 1.54) is 12.3 Å². The van der Waals surface area contributed by atoms with Gasteiger partial charge in [-0.05, 0) is 24.3 Å². The maximum Gasteiger partial charge on any atom is 0.249 e. The lowest BCUT2D eigenvalue weighted by Gasteiger charge is -2.09. The molecule has 1 aromatic heterocycles. The summed E-state index contributed by atoms with van der Waals surface area (Å²) in [6.07, 6.45) is 1.45. The Hall–Kier alpha value is -2.73. The van der Waals surface area contributed by atoms with Crippen molar-refractivity contribution >= 4 is 34.7 Å². The number of rotatable bonds is 4. The minimum Gasteiger partial charge on any atom is -0.338 e. The van der Waals surface area contributed by atoms with Gasteiger partial charge in [-0.25, -0.2) is 4.39 Å². The third kappa shape index (κ3) is 3.29. The molecule has 0 atom stereocenters. The van der Waals surface area contributed by atoms with Crippen LogP contribution in [0.4, 0.5) is 27.5 Å². The third-order valence-corrected chi connectivity index (χ3v) is 3.15. The van der Waals surface area contributed by atoms with E-state index in [1.54, 1.807) is 24.3 Å². The minimum atomic E-state index is -0.393. The normalized spacial score (nSPS) is 10.3. The van der Waals surface area contributed by atoms with Gasteiger partial charge >= 0.3 is 0 Å². The molecular formula is C15H11ClFN5. The maximum absolute atomic E-state index is 13.6. The predicted octanol–water partition coefficient (Wildman–Crippen LogP) is 4.15. The quantitative estimate of drug-likeness (QED) is 0.757. The van der Waals surface area contributed by atoms with Crippen LogP contribution in [0.5, 0.6) is 0 Å². The fraction of sp³-hybridized carbons (Fsp3) is 0. The molecule has 110 valence electrons. The van der Waals surface area contributed by atoms with Gasteiger partial charge in [0.15, 0.2) is 5.82 Å². The van der Waals surface area contributed by atoms with E-state index in [-0.39, 0.29) is 11.6 Å². The van der Waals surface area contributed by atoms with Crippen molar-refractivity contribution in [2.75, 3.05) is 10.6 Å². The first kappa shape index (κ1) is 14.2. The van der Waals surface area contributed by atoms with Crippen molar-refractivity contribution in [2.24, 2.45) is 0 Å². The fourth-order valence-corrected chi connectivity index (χ4v) is 1.98. The Kier molecular flexibility index (Phi) is 4.11. The van der Waals surface area contributed by atoms with Crippen LogP contribution in [0.1, 0.15) is 0 Å². The van der Waals surface area contributed by atoms with Gasteiger partial charge in [0.1, 0.15) is 5.82 Å². The van der Waals surface area contributed by atoms with Crippen LogP contribution in [0.15, 0.2) is 54.7 Å². The SMILES string of the molecule is Fc1ccccc1Nc1nncc(Nc2ccccc2Cl)n1. The van der Waals surface area contributed by atoms with E-state index < -0.39 is 5.82 Å². The summed E-state index contributed by atoms with van der Waals surface area (Å²) in [6.45, 7) is 0. The lowest BCUT2D eigenvalue weighted by molar-refractivity contribution is 0.631. The van der Waals surface area contributed by atoms with Crippen LogP contribution in [-0.4, -0.2) is 15.2 Å². The van der Waals surface area contributed by atoms with Gasteiger partial charge in [0.05, 0.1) is 22.6 Å². The Morgan fingerprint density at radius 2 is 1.64 bits per heavy atom. The molecule has 0 fully saturated rings. The van der Waals surface area contributed by atoms with Crippen LogP contribution >= 0.6 is 11.6 Å². The van der Waals surface area contributed by atoms with E-state index in [2.05, 4.69) is 25.8 Å². The van der Waals surface area contributed by atoms with Crippen molar-refractivity contribution in [1.82, 2.24) is 15.2 Å². The summed E-state index contributed by atoms with van der Waals surface area (Å²) in [6, 6.07) is 13.5. The number of nitrogens with zero attached hydrogens (tertiary/aromatic N) is 3. The molecule has 0 saturated heterocycles. The average molecular weight is 316 g/mol. The Morgan fingerprint density at radius 3 is 2.41 bits per heavy atom. The average Bonchev–Trinajstić information content (AvgIpc) is 2.52. The second kappa shape index (κ2) is 6.36. The molecule has 7 heteroatoms. The van der Waals surface area contributed by atoms with Gasteiger partial charge in [0.2, 0.25) is 5.95 Å². The Labute approximate surface area is 131 Å². The molecule has 0 radical (unpaired) electrons. The number of para-hydroxylation sites is 2. The topological polar surface area (TPSA) is 62.7 Å². The first-order valence-corrected chi connectivity index (χ1v) is 6.83. The molecule has 0 saturated carbocycles. The van der Waals surface area contributed by atoms with E-state index >= 15 is 0 Å². The van der Waals surface area contributed by atoms with Crippen molar-refractivity contribution in [3.63, 3.8) is 0 Å². The molecule has 1 heterocycles. The van der Waals surface area contributed by atoms with Crippen LogP contribution in [0.3, 0.4) is 0 Å². The monoisotopic (exact) mass is 315 g/mol. The number of anilines is 4. The second-order valence-corrected chi connectivity index (χ2v) is 4.78. The van der Waals surface area contributed by atoms with Crippen molar-refractivity contribution in [2.45, 2.75) is 0 Å². The minimum absolute atomic E-state index is 0.183. The highest BCUT2D eigenvalue weighted by Crippen LogP contribution is 2.24. The molecule has 3 rings (SSSR count). The van der Waals surface area contributed by atoms with E-state index in [9.17, 15) is 4.39 Å². The molecule has 0 aliphatic carbocycles. The Morgan fingerprint density at radius 1 is 0.909 bits per heavy atom. The number of benzene rings is 2. The fourth-order valence-electron chi connectivity index (χ4n) is 1.80. The molecule has 3 aromatic rings. The number of halogens is 2. The Balaban J connectivity index is 1.81. The highest BCUT2D eigenvalue weighted by molar-refractivity contribution is 6.33. The summed E-state index contributed by atoms with van der Waals surface area (Å²) in [5.41, 5.74) is 0.973. The summed E-state index contributed by atoms with van der Waals surface area (Å²) in [5.74, 6) is 0.236. The van der Waals surface area contributed by atoms with E-state index in [0.29, 0.717) is 16.5 Å². The molecule has 0 unspecified atom stereocenters. The van der Waals surface area contributed by atoms with Gasteiger partial charge < -0.3 is 10.6 Å². The third-order valence-electron chi connectivity index (χ3n) is 2.82. The van der Waals surface area contributed by atoms with Crippen molar-refractivity contribution in [3.8, 4) is 0 Å². The predicted molar refractivity (Wildman–Crippen MR) is 84.2 cm³/mol. The van der Waals surface area contributed by atoms with Gasteiger partial charge in [-0.15, -0.1) is 5.10 Å². The van der Waals surface area contributed by atoms with Gasteiger partial charge in [-0.3, -0.25) is 0 Å². The van der Waals surface area contributed by atoms with Crippen molar-refractivity contribution in [1.29, 1.82) is 0 Å². The summed E-state index contributed by atoms with van der Waals surface area (Å²) in [4.78, 5) is 4.22. The second-order valence-electron chi connectivity index (χ2n) is 4.37. The molecule has 0 bridgehead atoms. The summed E-state index contributed by atoms with van der Waals surface area (Å²) >= 11 is 6.07. The van der Waals surface area contributed by atoms with Crippen LogP contribution < -0.4 is 10.6 Å². The van der Waals surface area contributed by atoms with E-state index in [0.717, 1.165) is 0 Å². The van der Waals surface area contributed by atoms with Crippen LogP contribution in [0, 0.1) is 5.82 Å². The zero-order chi connectivity index (χ0) is 15.4. The first-order chi connectivity index (χ1) is 10.7. The molecule has 0 aliphatic rings. The number of hydrogen-bond acceptors (Lipinski definition) is 5. The zero-order valence-corrected chi connectivity index (χ0v) is 12.0. The van der Waals surface area contributed by atoms with Gasteiger partial charge in [-0.2, -0.15) is 10.1 Å². The largest absolute Gasteiger partial charge is 0.338 e. The Bertz CT molecular complexity index is 733. The molecule has 22 heavy (non-hydrogen) atoms. The van der Waals surface area contributed by atoms with Crippen LogP contribution in [0.2, 0.25) is 5.02 Å². The summed E-state index contributed by atoms with van der Waals surface area (Å²) in [5, 5.41) is 14.0. The number of hydrogen-bond donors (Lipinski definition) is 2. The van der Waals surface area contributed by atoms with Crippen LogP contribution in [0.25, 0.3) is 0 Å². The molecule has 0 amide bonds. The summed E-state index contributed by atoms with van der Waals surface area (Å²) in [7, 11) is 0. The van der Waals surface area contributed by atoms with Crippen LogP contribution in [-0.2, 0) is 0 Å². The van der Waals surface area contributed by atoms with Crippen molar-refractivity contribution < 1.29 is 4.39 Å². The van der Waals surface area contributed by atoms with Gasteiger partial charge in [-0.1, -0.05) is 35.9 Å². The smallest absolute Gasteiger partial charge is 0.249 e. The standard InChI is InChI=1S/C15H11ClFN5/c16-10-5-1-3-7-12(10)19-14-9-18-22-15(21-14)20-13-8-4-2-6-11(13)17/h1-9H,(H2,19,20,21,22). The molecule has 5 nitrogen and oxygen atoms in total.